The summed E-state index contributed by atoms with van der Waals surface area (Å²) in [6.45, 7) is 9.44. The first-order chi connectivity index (χ1) is 8.56. The van der Waals surface area contributed by atoms with Crippen LogP contribution in [0.2, 0.25) is 0 Å². The van der Waals surface area contributed by atoms with Crippen LogP contribution < -0.4 is 4.90 Å². The monoisotopic (exact) mass is 250 g/mol. The predicted octanol–water partition coefficient (Wildman–Crippen LogP) is 3.54. The van der Waals surface area contributed by atoms with E-state index in [0.717, 1.165) is 17.9 Å². The molecule has 1 rings (SSSR count). The maximum atomic E-state index is 9.46. The molecule has 0 bridgehead atoms. The minimum Gasteiger partial charge on any atom is -0.387 e. The predicted molar refractivity (Wildman–Crippen MR) is 76.9 cm³/mol. The molecule has 1 atom stereocenters. The Labute approximate surface area is 111 Å². The highest BCUT2D eigenvalue weighted by atomic mass is 16.3. The summed E-state index contributed by atoms with van der Waals surface area (Å²) in [7, 11) is 0. The Morgan fingerprint density at radius 3 is 2.39 bits per heavy atom. The topological polar surface area (TPSA) is 36.4 Å². The summed E-state index contributed by atoms with van der Waals surface area (Å²) in [6, 6.07) is 4.44. The molecule has 0 amide bonds. The van der Waals surface area contributed by atoms with Gasteiger partial charge < -0.3 is 10.0 Å². The Hall–Kier alpha value is -1.09. The van der Waals surface area contributed by atoms with Gasteiger partial charge in [-0.25, -0.2) is 0 Å². The number of aromatic nitrogens is 1. The second-order valence-corrected chi connectivity index (χ2v) is 5.11. The fourth-order valence-corrected chi connectivity index (χ4v) is 2.03. The van der Waals surface area contributed by atoms with Gasteiger partial charge in [-0.2, -0.15) is 0 Å². The number of nitrogens with zero attached hydrogens (tertiary/aromatic N) is 2. The van der Waals surface area contributed by atoms with E-state index in [1.165, 1.54) is 19.3 Å². The minimum absolute atomic E-state index is 0.473. The molecule has 0 aliphatic rings. The van der Waals surface area contributed by atoms with E-state index in [-0.39, 0.29) is 0 Å². The molecule has 0 spiro atoms. The van der Waals surface area contributed by atoms with Crippen LogP contribution in [0.5, 0.6) is 0 Å². The lowest BCUT2D eigenvalue weighted by Crippen LogP contribution is -2.31. The molecule has 0 saturated carbocycles. The van der Waals surface area contributed by atoms with Gasteiger partial charge in [0, 0.05) is 12.6 Å². The van der Waals surface area contributed by atoms with Gasteiger partial charge in [0.15, 0.2) is 0 Å². The molecule has 3 heteroatoms. The van der Waals surface area contributed by atoms with Crippen LogP contribution in [0, 0.1) is 0 Å². The number of rotatable bonds is 7. The van der Waals surface area contributed by atoms with Crippen LogP contribution in [-0.2, 0) is 0 Å². The van der Waals surface area contributed by atoms with Crippen LogP contribution in [0.15, 0.2) is 18.3 Å². The number of unbranched alkanes of at least 4 members (excludes halogenated alkanes) is 2. The number of hydrogen-bond acceptors (Lipinski definition) is 3. The molecule has 1 heterocycles. The highest BCUT2D eigenvalue weighted by Gasteiger charge is 2.11. The van der Waals surface area contributed by atoms with Crippen molar-refractivity contribution in [3.8, 4) is 0 Å². The van der Waals surface area contributed by atoms with Gasteiger partial charge in [0.25, 0.3) is 0 Å². The Balaban J connectivity index is 2.72. The molecule has 0 unspecified atom stereocenters. The lowest BCUT2D eigenvalue weighted by molar-refractivity contribution is 0.194. The van der Waals surface area contributed by atoms with Crippen LogP contribution in [0.3, 0.4) is 0 Å². The van der Waals surface area contributed by atoms with E-state index in [0.29, 0.717) is 6.04 Å². The Kier molecular flexibility index (Phi) is 6.13. The summed E-state index contributed by atoms with van der Waals surface area (Å²) in [5.74, 6) is 0. The molecule has 18 heavy (non-hydrogen) atoms. The average Bonchev–Trinajstić information content (AvgIpc) is 2.34. The maximum absolute atomic E-state index is 9.46. The van der Waals surface area contributed by atoms with Crippen molar-refractivity contribution in [2.45, 2.75) is 59.1 Å². The highest BCUT2D eigenvalue weighted by molar-refractivity contribution is 5.45. The smallest absolute Gasteiger partial charge is 0.0931 e. The molecule has 0 aromatic carbocycles. The van der Waals surface area contributed by atoms with Gasteiger partial charge in [0.1, 0.15) is 0 Å². The van der Waals surface area contributed by atoms with Crippen molar-refractivity contribution < 1.29 is 5.11 Å². The lowest BCUT2D eigenvalue weighted by Gasteiger charge is -2.29. The number of aliphatic hydroxyl groups excluding tert-OH is 1. The average molecular weight is 250 g/mol. The minimum atomic E-state index is -0.494. The van der Waals surface area contributed by atoms with Crippen molar-refractivity contribution in [3.63, 3.8) is 0 Å². The molecule has 1 aromatic heterocycles. The van der Waals surface area contributed by atoms with Gasteiger partial charge in [-0.1, -0.05) is 19.8 Å². The Morgan fingerprint density at radius 1 is 1.22 bits per heavy atom. The van der Waals surface area contributed by atoms with Crippen molar-refractivity contribution in [3.05, 3.63) is 24.0 Å². The van der Waals surface area contributed by atoms with Crippen molar-refractivity contribution in [2.24, 2.45) is 0 Å². The van der Waals surface area contributed by atoms with Crippen molar-refractivity contribution >= 4 is 5.69 Å². The van der Waals surface area contributed by atoms with Crippen molar-refractivity contribution in [1.29, 1.82) is 0 Å². The van der Waals surface area contributed by atoms with Crippen LogP contribution >= 0.6 is 0 Å². The van der Waals surface area contributed by atoms with Crippen LogP contribution in [0.25, 0.3) is 0 Å². The Morgan fingerprint density at radius 2 is 1.94 bits per heavy atom. The van der Waals surface area contributed by atoms with E-state index in [2.05, 4.69) is 36.7 Å². The second kappa shape index (κ2) is 7.37. The SMILES string of the molecule is CCCCCN(c1ccc([C@H](C)O)nc1)C(C)C. The van der Waals surface area contributed by atoms with Crippen LogP contribution in [-0.4, -0.2) is 22.7 Å². The standard InChI is InChI=1S/C15H26N2O/c1-5-6-7-10-17(12(2)3)14-8-9-15(13(4)18)16-11-14/h8-9,11-13,18H,5-7,10H2,1-4H3/t13-/m0/s1. The quantitative estimate of drug-likeness (QED) is 0.752. The largest absolute Gasteiger partial charge is 0.387 e. The van der Waals surface area contributed by atoms with Gasteiger partial charge in [-0.3, -0.25) is 4.98 Å². The Bertz CT molecular complexity index is 333. The van der Waals surface area contributed by atoms with Crippen molar-refractivity contribution in [2.75, 3.05) is 11.4 Å². The van der Waals surface area contributed by atoms with Crippen LogP contribution in [0.4, 0.5) is 5.69 Å². The summed E-state index contributed by atoms with van der Waals surface area (Å²) in [5.41, 5.74) is 1.88. The first kappa shape index (κ1) is 15.0. The third-order valence-corrected chi connectivity index (χ3v) is 3.16. The van der Waals surface area contributed by atoms with E-state index >= 15 is 0 Å². The third kappa shape index (κ3) is 4.30. The molecular weight excluding hydrogens is 224 g/mol. The van der Waals surface area contributed by atoms with Gasteiger partial charge >= 0.3 is 0 Å². The van der Waals surface area contributed by atoms with Gasteiger partial charge in [-0.15, -0.1) is 0 Å². The highest BCUT2D eigenvalue weighted by Crippen LogP contribution is 2.19. The normalized spacial score (nSPS) is 12.8. The van der Waals surface area contributed by atoms with Gasteiger partial charge in [-0.05, 0) is 39.3 Å². The molecule has 1 N–H and O–H groups in total. The fraction of sp³-hybridized carbons (Fsp3) is 0.667. The first-order valence-electron chi connectivity index (χ1n) is 6.97. The molecule has 0 aliphatic carbocycles. The molecule has 3 nitrogen and oxygen atoms in total. The fourth-order valence-electron chi connectivity index (χ4n) is 2.03. The summed E-state index contributed by atoms with van der Waals surface area (Å²) >= 11 is 0. The molecule has 0 radical (unpaired) electrons. The van der Waals surface area contributed by atoms with Gasteiger partial charge in [0.2, 0.25) is 0 Å². The van der Waals surface area contributed by atoms with E-state index in [1.54, 1.807) is 6.92 Å². The summed E-state index contributed by atoms with van der Waals surface area (Å²) in [6.07, 6.45) is 5.10. The summed E-state index contributed by atoms with van der Waals surface area (Å²) in [4.78, 5) is 6.69. The molecule has 0 aliphatic heterocycles. The summed E-state index contributed by atoms with van der Waals surface area (Å²) < 4.78 is 0. The zero-order valence-corrected chi connectivity index (χ0v) is 12.1. The number of aliphatic hydroxyl groups is 1. The molecule has 0 fully saturated rings. The maximum Gasteiger partial charge on any atom is 0.0931 e. The zero-order chi connectivity index (χ0) is 13.5. The van der Waals surface area contributed by atoms with E-state index < -0.39 is 6.10 Å². The molecule has 1 aromatic rings. The van der Waals surface area contributed by atoms with E-state index in [9.17, 15) is 5.11 Å². The summed E-state index contributed by atoms with van der Waals surface area (Å²) in [5, 5.41) is 9.46. The lowest BCUT2D eigenvalue weighted by atomic mass is 10.2. The number of hydrogen-bond donors (Lipinski definition) is 1. The van der Waals surface area contributed by atoms with Gasteiger partial charge in [0.05, 0.1) is 23.7 Å². The number of pyridine rings is 1. The second-order valence-electron chi connectivity index (χ2n) is 5.11. The third-order valence-electron chi connectivity index (χ3n) is 3.16. The number of anilines is 1. The first-order valence-corrected chi connectivity index (χ1v) is 6.97. The molecule has 0 saturated heterocycles. The zero-order valence-electron chi connectivity index (χ0n) is 12.1. The van der Waals surface area contributed by atoms with E-state index in [1.807, 2.05) is 12.3 Å². The molecule has 102 valence electrons. The molecular formula is C15H26N2O. The van der Waals surface area contributed by atoms with Crippen LogP contribution in [0.1, 0.15) is 58.8 Å². The van der Waals surface area contributed by atoms with Crippen molar-refractivity contribution in [1.82, 2.24) is 4.98 Å². The van der Waals surface area contributed by atoms with E-state index in [4.69, 9.17) is 0 Å².